The van der Waals surface area contributed by atoms with Crippen molar-refractivity contribution < 1.29 is 14.3 Å². The Bertz CT molecular complexity index is 427. The highest BCUT2D eigenvalue weighted by Crippen LogP contribution is 2.12. The fourth-order valence-corrected chi connectivity index (χ4v) is 1.12. The highest BCUT2D eigenvalue weighted by atomic mass is 16.5. The molecular weight excluding hydrogens is 218 g/mol. The number of ether oxygens (including phenoxy) is 1. The molecule has 0 aliphatic heterocycles. The molecule has 0 bridgehead atoms. The third-order valence-corrected chi connectivity index (χ3v) is 2.07. The molecule has 0 atom stereocenters. The third-order valence-electron chi connectivity index (χ3n) is 2.07. The number of rotatable bonds is 2. The first-order valence-electron chi connectivity index (χ1n) is 5.39. The van der Waals surface area contributed by atoms with Gasteiger partial charge in [-0.1, -0.05) is 0 Å². The molecule has 4 nitrogen and oxygen atoms in total. The molecule has 17 heavy (non-hydrogen) atoms. The van der Waals surface area contributed by atoms with Gasteiger partial charge in [0.15, 0.2) is 11.8 Å². The Labute approximate surface area is 101 Å². The van der Waals surface area contributed by atoms with Crippen molar-refractivity contribution in [1.82, 2.24) is 0 Å². The SMILES string of the molecule is CC(=O)Oc1ccc(C=[N+]([O-])C(C)(C)C)cc1. The highest BCUT2D eigenvalue weighted by molar-refractivity contribution is 5.76. The molecule has 0 aromatic heterocycles. The van der Waals surface area contributed by atoms with Gasteiger partial charge in [0, 0.05) is 33.3 Å². The Balaban J connectivity index is 2.85. The Kier molecular flexibility index (Phi) is 3.89. The van der Waals surface area contributed by atoms with E-state index in [0.29, 0.717) is 5.75 Å². The van der Waals surface area contributed by atoms with Crippen LogP contribution in [0.3, 0.4) is 0 Å². The average Bonchev–Trinajstić information content (AvgIpc) is 2.18. The Hall–Kier alpha value is -1.84. The largest absolute Gasteiger partial charge is 0.623 e. The number of carbonyl (C=O) groups excluding carboxylic acids is 1. The molecule has 1 aromatic rings. The zero-order valence-corrected chi connectivity index (χ0v) is 10.6. The van der Waals surface area contributed by atoms with Crippen molar-refractivity contribution in [2.45, 2.75) is 33.2 Å². The zero-order valence-electron chi connectivity index (χ0n) is 10.6. The minimum absolute atomic E-state index is 0.359. The maximum Gasteiger partial charge on any atom is 0.308 e. The third kappa shape index (κ3) is 4.26. The molecular formula is C13H17NO3. The average molecular weight is 235 g/mol. The van der Waals surface area contributed by atoms with Crippen LogP contribution in [0.1, 0.15) is 33.3 Å². The summed E-state index contributed by atoms with van der Waals surface area (Å²) in [7, 11) is 0. The van der Waals surface area contributed by atoms with Crippen molar-refractivity contribution in [2.75, 3.05) is 0 Å². The molecule has 92 valence electrons. The van der Waals surface area contributed by atoms with Gasteiger partial charge in [-0.05, 0) is 24.3 Å². The highest BCUT2D eigenvalue weighted by Gasteiger charge is 2.17. The van der Waals surface area contributed by atoms with Crippen LogP contribution in [0.4, 0.5) is 0 Å². The molecule has 0 N–H and O–H groups in total. The molecule has 0 spiro atoms. The molecule has 0 aliphatic carbocycles. The van der Waals surface area contributed by atoms with Crippen LogP contribution >= 0.6 is 0 Å². The smallest absolute Gasteiger partial charge is 0.308 e. The molecule has 1 rings (SSSR count). The lowest BCUT2D eigenvalue weighted by Crippen LogP contribution is -2.29. The monoisotopic (exact) mass is 235 g/mol. The van der Waals surface area contributed by atoms with Gasteiger partial charge in [-0.2, -0.15) is 0 Å². The standard InChI is InChI=1S/C13H17NO3/c1-10(15)17-12-7-5-11(6-8-12)9-14(16)13(2,3)4/h5-9H,1-4H3. The van der Waals surface area contributed by atoms with Crippen LogP contribution in [0.2, 0.25) is 0 Å². The number of hydrogen-bond acceptors (Lipinski definition) is 3. The van der Waals surface area contributed by atoms with E-state index in [1.807, 2.05) is 20.8 Å². The fourth-order valence-electron chi connectivity index (χ4n) is 1.12. The van der Waals surface area contributed by atoms with Gasteiger partial charge in [0.1, 0.15) is 5.75 Å². The van der Waals surface area contributed by atoms with Crippen LogP contribution in [-0.4, -0.2) is 22.5 Å². The predicted octanol–water partition coefficient (Wildman–Crippen LogP) is 2.34. The van der Waals surface area contributed by atoms with E-state index in [1.54, 1.807) is 24.3 Å². The van der Waals surface area contributed by atoms with Gasteiger partial charge in [0.05, 0.1) is 0 Å². The Morgan fingerprint density at radius 1 is 1.29 bits per heavy atom. The van der Waals surface area contributed by atoms with Gasteiger partial charge in [-0.3, -0.25) is 4.79 Å². The van der Waals surface area contributed by atoms with Crippen molar-refractivity contribution in [3.05, 3.63) is 35.0 Å². The lowest BCUT2D eigenvalue weighted by Gasteiger charge is -2.18. The second-order valence-corrected chi connectivity index (χ2v) is 4.79. The maximum atomic E-state index is 11.7. The van der Waals surface area contributed by atoms with Crippen LogP contribution in [0, 0.1) is 5.21 Å². The summed E-state index contributed by atoms with van der Waals surface area (Å²) in [5.41, 5.74) is 0.306. The van der Waals surface area contributed by atoms with E-state index in [2.05, 4.69) is 0 Å². The van der Waals surface area contributed by atoms with E-state index in [4.69, 9.17) is 4.74 Å². The molecule has 0 amide bonds. The first-order valence-corrected chi connectivity index (χ1v) is 5.39. The van der Waals surface area contributed by atoms with Crippen LogP contribution in [0.15, 0.2) is 24.3 Å². The molecule has 0 saturated carbocycles. The Morgan fingerprint density at radius 3 is 2.24 bits per heavy atom. The number of hydrogen-bond donors (Lipinski definition) is 0. The summed E-state index contributed by atoms with van der Waals surface area (Å²) in [6.07, 6.45) is 1.51. The molecule has 0 aliphatic rings. The lowest BCUT2D eigenvalue weighted by molar-refractivity contribution is -0.530. The summed E-state index contributed by atoms with van der Waals surface area (Å²) in [5, 5.41) is 11.7. The Morgan fingerprint density at radius 2 is 1.82 bits per heavy atom. The van der Waals surface area contributed by atoms with Gasteiger partial charge in [-0.15, -0.1) is 0 Å². The van der Waals surface area contributed by atoms with Gasteiger partial charge in [0.25, 0.3) is 0 Å². The number of carbonyl (C=O) groups is 1. The van der Waals surface area contributed by atoms with E-state index in [9.17, 15) is 10.0 Å². The minimum Gasteiger partial charge on any atom is -0.623 e. The number of benzene rings is 1. The summed E-state index contributed by atoms with van der Waals surface area (Å²) < 4.78 is 5.79. The van der Waals surface area contributed by atoms with Crippen LogP contribution < -0.4 is 4.74 Å². The fraction of sp³-hybridized carbons (Fsp3) is 0.385. The second kappa shape index (κ2) is 4.99. The maximum absolute atomic E-state index is 11.7. The minimum atomic E-state index is -0.464. The summed E-state index contributed by atoms with van der Waals surface area (Å²) >= 11 is 0. The number of nitrogens with zero attached hydrogens (tertiary/aromatic N) is 1. The van der Waals surface area contributed by atoms with Crippen molar-refractivity contribution >= 4 is 12.2 Å². The molecule has 1 aromatic carbocycles. The molecule has 0 heterocycles. The molecule has 4 heteroatoms. The van der Waals surface area contributed by atoms with E-state index >= 15 is 0 Å². The van der Waals surface area contributed by atoms with E-state index in [1.165, 1.54) is 13.1 Å². The summed E-state index contributed by atoms with van der Waals surface area (Å²) in [6.45, 7) is 6.86. The summed E-state index contributed by atoms with van der Waals surface area (Å²) in [6, 6.07) is 6.78. The summed E-state index contributed by atoms with van der Waals surface area (Å²) in [5.74, 6) is 0.115. The van der Waals surface area contributed by atoms with Gasteiger partial charge < -0.3 is 9.94 Å². The van der Waals surface area contributed by atoms with Crippen molar-refractivity contribution in [1.29, 1.82) is 0 Å². The quantitative estimate of drug-likeness (QED) is 0.197. The molecule has 0 fully saturated rings. The number of esters is 1. The van der Waals surface area contributed by atoms with Crippen LogP contribution in [-0.2, 0) is 4.79 Å². The van der Waals surface area contributed by atoms with E-state index < -0.39 is 5.54 Å². The van der Waals surface area contributed by atoms with Crippen LogP contribution in [0.25, 0.3) is 0 Å². The van der Waals surface area contributed by atoms with Crippen molar-refractivity contribution in [2.24, 2.45) is 0 Å². The van der Waals surface area contributed by atoms with Crippen molar-refractivity contribution in [3.8, 4) is 5.75 Å². The van der Waals surface area contributed by atoms with E-state index in [-0.39, 0.29) is 5.97 Å². The predicted molar refractivity (Wildman–Crippen MR) is 66.3 cm³/mol. The topological polar surface area (TPSA) is 52.4 Å². The normalized spacial score (nSPS) is 12.4. The molecule has 0 radical (unpaired) electrons. The van der Waals surface area contributed by atoms with Gasteiger partial charge >= 0.3 is 5.97 Å². The zero-order chi connectivity index (χ0) is 13.1. The van der Waals surface area contributed by atoms with Crippen LogP contribution in [0.5, 0.6) is 5.75 Å². The number of hydroxylamine groups is 1. The molecule has 0 unspecified atom stereocenters. The molecule has 0 saturated heterocycles. The second-order valence-electron chi connectivity index (χ2n) is 4.79. The van der Waals surface area contributed by atoms with Gasteiger partial charge in [0.2, 0.25) is 0 Å². The lowest BCUT2D eigenvalue weighted by atomic mass is 10.1. The first kappa shape index (κ1) is 13.2. The first-order chi connectivity index (χ1) is 7.79. The summed E-state index contributed by atoms with van der Waals surface area (Å²) in [4.78, 5) is 10.7. The van der Waals surface area contributed by atoms with E-state index in [0.717, 1.165) is 10.3 Å². The van der Waals surface area contributed by atoms with Crippen molar-refractivity contribution in [3.63, 3.8) is 0 Å². The van der Waals surface area contributed by atoms with Gasteiger partial charge in [-0.25, -0.2) is 4.74 Å².